The smallest absolute Gasteiger partial charge is 0.243 e. The van der Waals surface area contributed by atoms with E-state index >= 15 is 0 Å². The fourth-order valence-electron chi connectivity index (χ4n) is 2.83. The minimum absolute atomic E-state index is 0.0814. The second-order valence-electron chi connectivity index (χ2n) is 6.35. The summed E-state index contributed by atoms with van der Waals surface area (Å²) in [6.45, 7) is 0. The van der Waals surface area contributed by atoms with E-state index < -0.39 is 17.7 Å². The van der Waals surface area contributed by atoms with Gasteiger partial charge in [-0.25, -0.2) is 8.78 Å². The monoisotopic (exact) mass is 330 g/mol. The topological polar surface area (TPSA) is 46.3 Å². The van der Waals surface area contributed by atoms with Crippen molar-refractivity contribution in [2.45, 2.75) is 31.2 Å². The van der Waals surface area contributed by atoms with Crippen molar-refractivity contribution in [2.24, 2.45) is 5.73 Å². The molecule has 1 aliphatic carbocycles. The van der Waals surface area contributed by atoms with Crippen LogP contribution in [0.25, 0.3) is 0 Å². The summed E-state index contributed by atoms with van der Waals surface area (Å²) >= 11 is 0. The lowest BCUT2D eigenvalue weighted by Gasteiger charge is -2.22. The maximum absolute atomic E-state index is 13.2. The van der Waals surface area contributed by atoms with Gasteiger partial charge < -0.3 is 10.6 Å². The molecule has 5 heteroatoms. The van der Waals surface area contributed by atoms with E-state index in [9.17, 15) is 13.6 Å². The van der Waals surface area contributed by atoms with Crippen molar-refractivity contribution < 1.29 is 13.6 Å². The molecule has 0 saturated heterocycles. The summed E-state index contributed by atoms with van der Waals surface area (Å²) in [6, 6.07) is 10.2. The average Bonchev–Trinajstić information content (AvgIpc) is 3.37. The Bertz CT molecular complexity index is 721. The number of nitrogens with two attached hydrogens (primary N) is 1. The lowest BCUT2D eigenvalue weighted by Crippen LogP contribution is -2.43. The van der Waals surface area contributed by atoms with E-state index in [1.54, 1.807) is 7.05 Å². The van der Waals surface area contributed by atoms with Crippen molar-refractivity contribution in [1.29, 1.82) is 0 Å². The van der Waals surface area contributed by atoms with Crippen LogP contribution in [0.3, 0.4) is 0 Å². The SMILES string of the molecule is CN(C(=O)[C@@H](N)Cc1cc(F)cc(F)c1)c1ccc(C2CC2)cc1. The quantitative estimate of drug-likeness (QED) is 0.913. The first-order chi connectivity index (χ1) is 11.4. The number of amides is 1. The molecule has 0 heterocycles. The fraction of sp³-hybridized carbons (Fsp3) is 0.316. The van der Waals surface area contributed by atoms with E-state index in [1.807, 2.05) is 24.3 Å². The van der Waals surface area contributed by atoms with E-state index in [0.29, 0.717) is 11.5 Å². The largest absolute Gasteiger partial charge is 0.320 e. The van der Waals surface area contributed by atoms with Crippen molar-refractivity contribution in [3.63, 3.8) is 0 Å². The number of halogens is 2. The van der Waals surface area contributed by atoms with Gasteiger partial charge in [0.25, 0.3) is 0 Å². The highest BCUT2D eigenvalue weighted by molar-refractivity contribution is 5.96. The summed E-state index contributed by atoms with van der Waals surface area (Å²) in [5.41, 5.74) is 8.35. The molecule has 126 valence electrons. The van der Waals surface area contributed by atoms with E-state index in [4.69, 9.17) is 5.73 Å². The molecule has 3 rings (SSSR count). The minimum Gasteiger partial charge on any atom is -0.320 e. The van der Waals surface area contributed by atoms with Gasteiger partial charge in [-0.2, -0.15) is 0 Å². The number of carbonyl (C=O) groups excluding carboxylic acids is 1. The van der Waals surface area contributed by atoms with E-state index in [0.717, 1.165) is 11.8 Å². The number of nitrogens with zero attached hydrogens (tertiary/aromatic N) is 1. The summed E-state index contributed by atoms with van der Waals surface area (Å²) in [4.78, 5) is 13.9. The lowest BCUT2D eigenvalue weighted by molar-refractivity contribution is -0.119. The lowest BCUT2D eigenvalue weighted by atomic mass is 10.0. The Balaban J connectivity index is 1.67. The first-order valence-electron chi connectivity index (χ1n) is 8.02. The molecule has 3 nitrogen and oxygen atoms in total. The molecule has 2 aromatic carbocycles. The van der Waals surface area contributed by atoms with Crippen molar-refractivity contribution in [1.82, 2.24) is 0 Å². The van der Waals surface area contributed by atoms with Crippen LogP contribution in [-0.2, 0) is 11.2 Å². The van der Waals surface area contributed by atoms with Crippen LogP contribution in [0.4, 0.5) is 14.5 Å². The Kier molecular flexibility index (Phi) is 4.62. The number of likely N-dealkylation sites (N-methyl/N-ethyl adjacent to an activating group) is 1. The summed E-state index contributed by atoms with van der Waals surface area (Å²) < 4.78 is 26.5. The minimum atomic E-state index is -0.862. The molecule has 24 heavy (non-hydrogen) atoms. The molecule has 1 saturated carbocycles. The zero-order chi connectivity index (χ0) is 17.3. The molecule has 0 unspecified atom stereocenters. The second kappa shape index (κ2) is 6.69. The molecule has 0 aromatic heterocycles. The van der Waals surface area contributed by atoms with Gasteiger partial charge in [0.05, 0.1) is 6.04 Å². The number of hydrogen-bond donors (Lipinski definition) is 1. The molecule has 1 fully saturated rings. The molecule has 1 aliphatic rings. The van der Waals surface area contributed by atoms with E-state index in [1.165, 1.54) is 35.4 Å². The summed E-state index contributed by atoms with van der Waals surface area (Å²) in [6.07, 6.45) is 2.53. The molecular weight excluding hydrogens is 310 g/mol. The van der Waals surface area contributed by atoms with Gasteiger partial charge in [-0.05, 0) is 60.6 Å². The average molecular weight is 330 g/mol. The van der Waals surface area contributed by atoms with Crippen molar-refractivity contribution in [3.8, 4) is 0 Å². The van der Waals surface area contributed by atoms with Gasteiger partial charge in [0.2, 0.25) is 5.91 Å². The summed E-state index contributed by atoms with van der Waals surface area (Å²) in [7, 11) is 1.65. The van der Waals surface area contributed by atoms with Gasteiger partial charge >= 0.3 is 0 Å². The van der Waals surface area contributed by atoms with Crippen LogP contribution >= 0.6 is 0 Å². The Morgan fingerprint density at radius 3 is 2.29 bits per heavy atom. The molecule has 1 amide bonds. The van der Waals surface area contributed by atoms with Crippen LogP contribution in [-0.4, -0.2) is 19.0 Å². The third-order valence-electron chi connectivity index (χ3n) is 4.35. The predicted molar refractivity (Wildman–Crippen MR) is 89.9 cm³/mol. The molecule has 0 radical (unpaired) electrons. The predicted octanol–water partition coefficient (Wildman–Crippen LogP) is 3.38. The number of benzene rings is 2. The number of hydrogen-bond acceptors (Lipinski definition) is 2. The van der Waals surface area contributed by atoms with E-state index in [-0.39, 0.29) is 12.3 Å². The summed E-state index contributed by atoms with van der Waals surface area (Å²) in [5, 5.41) is 0. The zero-order valence-corrected chi connectivity index (χ0v) is 13.5. The normalized spacial score (nSPS) is 15.2. The van der Waals surface area contributed by atoms with Gasteiger partial charge in [0.15, 0.2) is 0 Å². The van der Waals surface area contributed by atoms with Gasteiger partial charge in [0, 0.05) is 18.8 Å². The van der Waals surface area contributed by atoms with Crippen LogP contribution in [0, 0.1) is 11.6 Å². The first kappa shape index (κ1) is 16.6. The van der Waals surface area contributed by atoms with Crippen LogP contribution in [0.5, 0.6) is 0 Å². The summed E-state index contributed by atoms with van der Waals surface area (Å²) in [5.74, 6) is -0.980. The molecule has 0 spiro atoms. The molecule has 2 N–H and O–H groups in total. The molecule has 2 aromatic rings. The number of anilines is 1. The third kappa shape index (κ3) is 3.79. The van der Waals surface area contributed by atoms with E-state index in [2.05, 4.69) is 0 Å². The van der Waals surface area contributed by atoms with Crippen LogP contribution in [0.1, 0.15) is 29.9 Å². The Morgan fingerprint density at radius 2 is 1.75 bits per heavy atom. The van der Waals surface area contributed by atoms with Crippen molar-refractivity contribution >= 4 is 11.6 Å². The first-order valence-corrected chi connectivity index (χ1v) is 8.02. The van der Waals surface area contributed by atoms with Crippen molar-refractivity contribution in [2.75, 3.05) is 11.9 Å². The Hall–Kier alpha value is -2.27. The highest BCUT2D eigenvalue weighted by Gasteiger charge is 2.24. The zero-order valence-electron chi connectivity index (χ0n) is 13.5. The van der Waals surface area contributed by atoms with Crippen LogP contribution < -0.4 is 10.6 Å². The third-order valence-corrected chi connectivity index (χ3v) is 4.35. The maximum atomic E-state index is 13.2. The fourth-order valence-corrected chi connectivity index (χ4v) is 2.83. The van der Waals surface area contributed by atoms with Gasteiger partial charge in [0.1, 0.15) is 11.6 Å². The van der Waals surface area contributed by atoms with Gasteiger partial charge in [-0.15, -0.1) is 0 Å². The maximum Gasteiger partial charge on any atom is 0.243 e. The second-order valence-corrected chi connectivity index (χ2v) is 6.35. The molecular formula is C19H20F2N2O. The standard InChI is InChI=1S/C19H20F2N2O/c1-23(17-6-4-14(5-7-17)13-2-3-13)19(24)18(22)10-12-8-15(20)11-16(21)9-12/h4-9,11,13,18H,2-3,10,22H2,1H3/t18-/m0/s1. The number of carbonyl (C=O) groups is 1. The van der Waals surface area contributed by atoms with Gasteiger partial charge in [-0.3, -0.25) is 4.79 Å². The Labute approximate surface area is 140 Å². The van der Waals surface area contributed by atoms with Crippen molar-refractivity contribution in [3.05, 3.63) is 65.2 Å². The Morgan fingerprint density at radius 1 is 1.17 bits per heavy atom. The highest BCUT2D eigenvalue weighted by Crippen LogP contribution is 2.40. The molecule has 0 bridgehead atoms. The highest BCUT2D eigenvalue weighted by atomic mass is 19.1. The molecule has 0 aliphatic heterocycles. The molecule has 1 atom stereocenters. The van der Waals surface area contributed by atoms with Gasteiger partial charge in [-0.1, -0.05) is 12.1 Å². The van der Waals surface area contributed by atoms with Crippen LogP contribution in [0.15, 0.2) is 42.5 Å². The number of rotatable bonds is 5. The van der Waals surface area contributed by atoms with Crippen LogP contribution in [0.2, 0.25) is 0 Å².